The number of hydrogen-bond donors (Lipinski definition) is 1. The van der Waals surface area contributed by atoms with Crippen LogP contribution in [0.3, 0.4) is 0 Å². The SMILES string of the molecule is CCc1cnccc1C(N)c1cc(C)ccc1F. The van der Waals surface area contributed by atoms with Crippen molar-refractivity contribution in [2.24, 2.45) is 5.73 Å². The Morgan fingerprint density at radius 3 is 2.78 bits per heavy atom. The number of benzene rings is 1. The van der Waals surface area contributed by atoms with Gasteiger partial charge >= 0.3 is 0 Å². The molecule has 0 saturated heterocycles. The van der Waals surface area contributed by atoms with E-state index in [1.807, 2.05) is 19.9 Å². The highest BCUT2D eigenvalue weighted by Gasteiger charge is 2.16. The minimum atomic E-state index is -0.442. The predicted octanol–water partition coefficient (Wildman–Crippen LogP) is 3.14. The zero-order chi connectivity index (χ0) is 13.1. The second kappa shape index (κ2) is 5.27. The first-order valence-corrected chi connectivity index (χ1v) is 6.08. The van der Waals surface area contributed by atoms with Gasteiger partial charge in [0.1, 0.15) is 5.82 Å². The fourth-order valence-corrected chi connectivity index (χ4v) is 2.11. The van der Waals surface area contributed by atoms with Crippen LogP contribution in [0.5, 0.6) is 0 Å². The molecule has 3 heteroatoms. The summed E-state index contributed by atoms with van der Waals surface area (Å²) in [4.78, 5) is 4.08. The second-order valence-corrected chi connectivity index (χ2v) is 4.43. The molecule has 0 amide bonds. The van der Waals surface area contributed by atoms with Gasteiger partial charge in [-0.3, -0.25) is 4.98 Å². The smallest absolute Gasteiger partial charge is 0.128 e. The number of aryl methyl sites for hydroxylation is 2. The van der Waals surface area contributed by atoms with Gasteiger partial charge in [0, 0.05) is 18.0 Å². The van der Waals surface area contributed by atoms with Crippen LogP contribution in [-0.4, -0.2) is 4.98 Å². The summed E-state index contributed by atoms with van der Waals surface area (Å²) in [5, 5.41) is 0. The van der Waals surface area contributed by atoms with Crippen LogP contribution in [0.25, 0.3) is 0 Å². The summed E-state index contributed by atoms with van der Waals surface area (Å²) in [6.45, 7) is 3.97. The van der Waals surface area contributed by atoms with E-state index in [0.717, 1.165) is 23.1 Å². The molecular weight excluding hydrogens is 227 g/mol. The Balaban J connectivity index is 2.47. The number of rotatable bonds is 3. The standard InChI is InChI=1S/C15H17FN2/c1-3-11-9-18-7-6-12(11)15(17)13-8-10(2)4-5-14(13)16/h4-9,15H,3,17H2,1-2H3. The molecule has 1 aromatic carbocycles. The molecule has 0 radical (unpaired) electrons. The van der Waals surface area contributed by atoms with Gasteiger partial charge in [-0.25, -0.2) is 4.39 Å². The highest BCUT2D eigenvalue weighted by Crippen LogP contribution is 2.25. The lowest BCUT2D eigenvalue weighted by Crippen LogP contribution is -2.16. The molecule has 0 saturated carbocycles. The normalized spacial score (nSPS) is 12.4. The molecule has 0 aliphatic heterocycles. The number of halogens is 1. The van der Waals surface area contributed by atoms with E-state index in [-0.39, 0.29) is 5.82 Å². The molecule has 0 aliphatic rings. The Morgan fingerprint density at radius 2 is 2.06 bits per heavy atom. The van der Waals surface area contributed by atoms with Gasteiger partial charge in [0.25, 0.3) is 0 Å². The Morgan fingerprint density at radius 1 is 1.28 bits per heavy atom. The summed E-state index contributed by atoms with van der Waals surface area (Å²) in [6.07, 6.45) is 4.33. The van der Waals surface area contributed by atoms with Crippen LogP contribution in [0.1, 0.15) is 35.2 Å². The molecule has 2 nitrogen and oxygen atoms in total. The molecule has 1 aromatic heterocycles. The zero-order valence-corrected chi connectivity index (χ0v) is 10.7. The van der Waals surface area contributed by atoms with Gasteiger partial charge in [0.15, 0.2) is 0 Å². The van der Waals surface area contributed by atoms with E-state index >= 15 is 0 Å². The van der Waals surface area contributed by atoms with E-state index in [2.05, 4.69) is 4.98 Å². The quantitative estimate of drug-likeness (QED) is 0.900. The summed E-state index contributed by atoms with van der Waals surface area (Å²) in [5.74, 6) is -0.257. The lowest BCUT2D eigenvalue weighted by atomic mass is 9.94. The maximum Gasteiger partial charge on any atom is 0.128 e. The van der Waals surface area contributed by atoms with E-state index in [1.165, 1.54) is 6.07 Å². The maximum atomic E-state index is 13.8. The summed E-state index contributed by atoms with van der Waals surface area (Å²) >= 11 is 0. The van der Waals surface area contributed by atoms with Crippen molar-refractivity contribution in [3.8, 4) is 0 Å². The second-order valence-electron chi connectivity index (χ2n) is 4.43. The molecular formula is C15H17FN2. The lowest BCUT2D eigenvalue weighted by Gasteiger charge is -2.17. The van der Waals surface area contributed by atoms with Gasteiger partial charge in [-0.1, -0.05) is 24.6 Å². The topological polar surface area (TPSA) is 38.9 Å². The molecule has 2 rings (SSSR count). The minimum Gasteiger partial charge on any atom is -0.320 e. The lowest BCUT2D eigenvalue weighted by molar-refractivity contribution is 0.598. The molecule has 0 bridgehead atoms. The Labute approximate surface area is 107 Å². The number of hydrogen-bond acceptors (Lipinski definition) is 2. The van der Waals surface area contributed by atoms with E-state index in [0.29, 0.717) is 5.56 Å². The molecule has 94 valence electrons. The van der Waals surface area contributed by atoms with Crippen LogP contribution in [0.15, 0.2) is 36.7 Å². The van der Waals surface area contributed by atoms with Crippen molar-refractivity contribution in [1.29, 1.82) is 0 Å². The summed E-state index contributed by atoms with van der Waals surface area (Å²) in [7, 11) is 0. The van der Waals surface area contributed by atoms with Crippen LogP contribution in [0.4, 0.5) is 4.39 Å². The first kappa shape index (κ1) is 12.7. The maximum absolute atomic E-state index is 13.8. The fourth-order valence-electron chi connectivity index (χ4n) is 2.11. The Hall–Kier alpha value is -1.74. The first-order chi connectivity index (χ1) is 8.63. The first-order valence-electron chi connectivity index (χ1n) is 6.08. The predicted molar refractivity (Wildman–Crippen MR) is 70.8 cm³/mol. The Kier molecular flexibility index (Phi) is 3.72. The monoisotopic (exact) mass is 244 g/mol. The average Bonchev–Trinajstić information content (AvgIpc) is 2.40. The van der Waals surface area contributed by atoms with Gasteiger partial charge in [-0.05, 0) is 36.6 Å². The molecule has 18 heavy (non-hydrogen) atoms. The van der Waals surface area contributed by atoms with Crippen LogP contribution in [-0.2, 0) is 6.42 Å². The van der Waals surface area contributed by atoms with E-state index in [9.17, 15) is 4.39 Å². The van der Waals surface area contributed by atoms with Crippen molar-refractivity contribution in [3.05, 3.63) is 64.7 Å². The highest BCUT2D eigenvalue weighted by molar-refractivity contribution is 5.37. The van der Waals surface area contributed by atoms with Gasteiger partial charge in [-0.15, -0.1) is 0 Å². The van der Waals surface area contributed by atoms with E-state index < -0.39 is 6.04 Å². The Bertz CT molecular complexity index is 552. The number of nitrogens with zero attached hydrogens (tertiary/aromatic N) is 1. The molecule has 2 N–H and O–H groups in total. The molecule has 2 aromatic rings. The third kappa shape index (κ3) is 2.41. The van der Waals surface area contributed by atoms with Gasteiger partial charge in [0.2, 0.25) is 0 Å². The molecule has 1 unspecified atom stereocenters. The van der Waals surface area contributed by atoms with Crippen LogP contribution < -0.4 is 5.73 Å². The van der Waals surface area contributed by atoms with Crippen LogP contribution >= 0.6 is 0 Å². The molecule has 0 fully saturated rings. The summed E-state index contributed by atoms with van der Waals surface area (Å²) in [6, 6.07) is 6.45. The number of pyridine rings is 1. The molecule has 0 aliphatic carbocycles. The third-order valence-corrected chi connectivity index (χ3v) is 3.14. The van der Waals surface area contributed by atoms with Crippen LogP contribution in [0, 0.1) is 12.7 Å². The highest BCUT2D eigenvalue weighted by atomic mass is 19.1. The van der Waals surface area contributed by atoms with Crippen molar-refractivity contribution < 1.29 is 4.39 Å². The van der Waals surface area contributed by atoms with Crippen molar-refractivity contribution in [1.82, 2.24) is 4.98 Å². The van der Waals surface area contributed by atoms with E-state index in [4.69, 9.17) is 5.73 Å². The van der Waals surface area contributed by atoms with Gasteiger partial charge in [-0.2, -0.15) is 0 Å². The van der Waals surface area contributed by atoms with E-state index in [1.54, 1.807) is 24.5 Å². The fraction of sp³-hybridized carbons (Fsp3) is 0.267. The zero-order valence-electron chi connectivity index (χ0n) is 10.7. The van der Waals surface area contributed by atoms with Crippen molar-refractivity contribution in [3.63, 3.8) is 0 Å². The molecule has 1 heterocycles. The minimum absolute atomic E-state index is 0.257. The van der Waals surface area contributed by atoms with Gasteiger partial charge < -0.3 is 5.73 Å². The van der Waals surface area contributed by atoms with Crippen molar-refractivity contribution >= 4 is 0 Å². The van der Waals surface area contributed by atoms with Crippen LogP contribution in [0.2, 0.25) is 0 Å². The largest absolute Gasteiger partial charge is 0.320 e. The molecule has 1 atom stereocenters. The third-order valence-electron chi connectivity index (χ3n) is 3.14. The summed E-state index contributed by atoms with van der Waals surface area (Å²) in [5.41, 5.74) is 9.74. The number of aromatic nitrogens is 1. The average molecular weight is 244 g/mol. The van der Waals surface area contributed by atoms with Gasteiger partial charge in [0.05, 0.1) is 6.04 Å². The van der Waals surface area contributed by atoms with Crippen molar-refractivity contribution in [2.75, 3.05) is 0 Å². The van der Waals surface area contributed by atoms with Crippen molar-refractivity contribution in [2.45, 2.75) is 26.3 Å². The summed E-state index contributed by atoms with van der Waals surface area (Å²) < 4.78 is 13.8. The number of nitrogens with two attached hydrogens (primary N) is 1. The molecule has 0 spiro atoms.